The molecule has 104 valence electrons. The number of aromatic nitrogens is 1. The molecule has 20 heavy (non-hydrogen) atoms. The van der Waals surface area contributed by atoms with Crippen LogP contribution in [0, 0.1) is 11.3 Å². The van der Waals surface area contributed by atoms with Crippen LogP contribution in [0.4, 0.5) is 0 Å². The van der Waals surface area contributed by atoms with Crippen LogP contribution in [-0.4, -0.2) is 19.9 Å². The minimum atomic E-state index is -3.63. The molecule has 0 radical (unpaired) electrons. The molecular formula is C12H10ClN3O2S2. The molecule has 1 aromatic heterocycles. The molecule has 2 aromatic rings. The molecule has 0 saturated carbocycles. The molecule has 0 atom stereocenters. The second kappa shape index (κ2) is 6.33. The summed E-state index contributed by atoms with van der Waals surface area (Å²) in [5.41, 5.74) is 2.79. The van der Waals surface area contributed by atoms with Gasteiger partial charge in [-0.1, -0.05) is 11.6 Å². The molecule has 0 fully saturated rings. The molecule has 2 rings (SSSR count). The smallest absolute Gasteiger partial charge is 0.240 e. The van der Waals surface area contributed by atoms with E-state index in [4.69, 9.17) is 16.9 Å². The van der Waals surface area contributed by atoms with Gasteiger partial charge in [-0.25, -0.2) is 18.1 Å². The molecule has 0 aliphatic carbocycles. The standard InChI is InChI=1S/C12H10ClN3O2S2/c13-12-5-11(2-1-9(12)6-14)20(17,18)16-4-3-10-7-19-8-15-10/h1-2,5,7-8,16H,3-4H2. The number of rotatable bonds is 5. The molecule has 1 aromatic carbocycles. The maximum Gasteiger partial charge on any atom is 0.240 e. The summed E-state index contributed by atoms with van der Waals surface area (Å²) in [5.74, 6) is 0. The number of halogens is 1. The zero-order valence-corrected chi connectivity index (χ0v) is 12.6. The topological polar surface area (TPSA) is 82.8 Å². The van der Waals surface area contributed by atoms with Crippen molar-refractivity contribution in [3.05, 3.63) is 45.4 Å². The molecule has 0 aliphatic heterocycles. The van der Waals surface area contributed by atoms with E-state index in [-0.39, 0.29) is 22.0 Å². The third kappa shape index (κ3) is 3.55. The van der Waals surface area contributed by atoms with Crippen molar-refractivity contribution in [2.75, 3.05) is 6.54 Å². The number of benzene rings is 1. The Kier molecular flexibility index (Phi) is 4.73. The first-order valence-electron chi connectivity index (χ1n) is 5.59. The van der Waals surface area contributed by atoms with E-state index < -0.39 is 10.0 Å². The van der Waals surface area contributed by atoms with Gasteiger partial charge in [0.1, 0.15) is 6.07 Å². The highest BCUT2D eigenvalue weighted by Gasteiger charge is 2.15. The highest BCUT2D eigenvalue weighted by molar-refractivity contribution is 7.89. The lowest BCUT2D eigenvalue weighted by molar-refractivity contribution is 0.581. The lowest BCUT2D eigenvalue weighted by Crippen LogP contribution is -2.26. The molecular weight excluding hydrogens is 318 g/mol. The highest BCUT2D eigenvalue weighted by Crippen LogP contribution is 2.20. The molecule has 0 saturated heterocycles. The van der Waals surface area contributed by atoms with Crippen LogP contribution in [0.5, 0.6) is 0 Å². The summed E-state index contributed by atoms with van der Waals surface area (Å²) in [4.78, 5) is 4.11. The normalized spacial score (nSPS) is 11.2. The maximum absolute atomic E-state index is 12.0. The van der Waals surface area contributed by atoms with Crippen LogP contribution in [0.3, 0.4) is 0 Å². The SMILES string of the molecule is N#Cc1ccc(S(=O)(=O)NCCc2cscn2)cc1Cl. The van der Waals surface area contributed by atoms with Gasteiger partial charge in [0.25, 0.3) is 0 Å². The Balaban J connectivity index is 2.06. The van der Waals surface area contributed by atoms with E-state index in [1.54, 1.807) is 5.51 Å². The van der Waals surface area contributed by atoms with Crippen LogP contribution < -0.4 is 4.72 Å². The number of nitriles is 1. The first kappa shape index (κ1) is 14.9. The molecule has 0 aliphatic rings. The minimum absolute atomic E-state index is 0.0415. The second-order valence-electron chi connectivity index (χ2n) is 3.88. The fourth-order valence-electron chi connectivity index (χ4n) is 1.51. The first-order valence-corrected chi connectivity index (χ1v) is 8.40. The number of sulfonamides is 1. The Morgan fingerprint density at radius 1 is 1.45 bits per heavy atom. The third-order valence-electron chi connectivity index (χ3n) is 2.53. The average molecular weight is 328 g/mol. The summed E-state index contributed by atoms with van der Waals surface area (Å²) in [7, 11) is -3.63. The van der Waals surface area contributed by atoms with Gasteiger partial charge in [0.15, 0.2) is 0 Å². The number of hydrogen-bond donors (Lipinski definition) is 1. The van der Waals surface area contributed by atoms with Gasteiger partial charge < -0.3 is 0 Å². The van der Waals surface area contributed by atoms with E-state index in [1.807, 2.05) is 11.4 Å². The summed E-state index contributed by atoms with van der Waals surface area (Å²) in [6, 6.07) is 5.89. The zero-order chi connectivity index (χ0) is 14.6. The Morgan fingerprint density at radius 3 is 2.85 bits per heavy atom. The zero-order valence-electron chi connectivity index (χ0n) is 10.2. The van der Waals surface area contributed by atoms with Crippen molar-refractivity contribution in [1.29, 1.82) is 5.26 Å². The van der Waals surface area contributed by atoms with E-state index in [0.29, 0.717) is 6.42 Å². The monoisotopic (exact) mass is 327 g/mol. The summed E-state index contributed by atoms with van der Waals surface area (Å²) >= 11 is 7.29. The Bertz CT molecular complexity index is 737. The van der Waals surface area contributed by atoms with E-state index >= 15 is 0 Å². The Hall–Kier alpha value is -1.46. The van der Waals surface area contributed by atoms with E-state index in [0.717, 1.165) is 5.69 Å². The summed E-state index contributed by atoms with van der Waals surface area (Å²) in [6.07, 6.45) is 0.521. The number of thiazole rings is 1. The molecule has 0 bridgehead atoms. The molecule has 0 spiro atoms. The predicted octanol–water partition coefficient (Wildman–Crippen LogP) is 2.19. The van der Waals surface area contributed by atoms with Crippen LogP contribution in [0.15, 0.2) is 34.0 Å². The van der Waals surface area contributed by atoms with Crippen LogP contribution >= 0.6 is 22.9 Å². The van der Waals surface area contributed by atoms with Crippen molar-refractivity contribution in [1.82, 2.24) is 9.71 Å². The molecule has 0 unspecified atom stereocenters. The molecule has 1 heterocycles. The number of hydrogen-bond acceptors (Lipinski definition) is 5. The Labute approximate surface area is 125 Å². The van der Waals surface area contributed by atoms with Crippen LogP contribution in [0.1, 0.15) is 11.3 Å². The number of nitrogens with zero attached hydrogens (tertiary/aromatic N) is 2. The largest absolute Gasteiger partial charge is 0.250 e. The molecule has 1 N–H and O–H groups in total. The van der Waals surface area contributed by atoms with Crippen LogP contribution in [0.25, 0.3) is 0 Å². The van der Waals surface area contributed by atoms with Crippen molar-refractivity contribution in [2.45, 2.75) is 11.3 Å². The van der Waals surface area contributed by atoms with Crippen LogP contribution in [0.2, 0.25) is 5.02 Å². The van der Waals surface area contributed by atoms with E-state index in [2.05, 4.69) is 9.71 Å². The van der Waals surface area contributed by atoms with Gasteiger partial charge in [0, 0.05) is 18.3 Å². The van der Waals surface area contributed by atoms with Gasteiger partial charge in [-0.05, 0) is 18.2 Å². The van der Waals surface area contributed by atoms with Crippen molar-refractivity contribution < 1.29 is 8.42 Å². The summed E-state index contributed by atoms with van der Waals surface area (Å²) < 4.78 is 26.6. The van der Waals surface area contributed by atoms with Gasteiger partial charge in [0.05, 0.1) is 26.7 Å². The fourth-order valence-corrected chi connectivity index (χ4v) is 3.45. The molecule has 5 nitrogen and oxygen atoms in total. The lowest BCUT2D eigenvalue weighted by atomic mass is 10.2. The lowest BCUT2D eigenvalue weighted by Gasteiger charge is -2.06. The number of nitrogens with one attached hydrogen (secondary N) is 1. The fraction of sp³-hybridized carbons (Fsp3) is 0.167. The summed E-state index contributed by atoms with van der Waals surface area (Å²) in [5, 5.41) is 10.7. The summed E-state index contributed by atoms with van der Waals surface area (Å²) in [6.45, 7) is 0.254. The predicted molar refractivity (Wildman–Crippen MR) is 77.2 cm³/mol. The van der Waals surface area contributed by atoms with Gasteiger partial charge in [-0.2, -0.15) is 5.26 Å². The Morgan fingerprint density at radius 2 is 2.25 bits per heavy atom. The third-order valence-corrected chi connectivity index (χ3v) is 4.93. The van der Waals surface area contributed by atoms with Gasteiger partial charge in [0.2, 0.25) is 10.0 Å². The van der Waals surface area contributed by atoms with Gasteiger partial charge in [-0.15, -0.1) is 11.3 Å². The van der Waals surface area contributed by atoms with Crippen molar-refractivity contribution >= 4 is 33.0 Å². The quantitative estimate of drug-likeness (QED) is 0.912. The van der Waals surface area contributed by atoms with Crippen molar-refractivity contribution in [2.24, 2.45) is 0 Å². The minimum Gasteiger partial charge on any atom is -0.250 e. The van der Waals surface area contributed by atoms with E-state index in [1.165, 1.54) is 29.5 Å². The average Bonchev–Trinajstić information content (AvgIpc) is 2.91. The first-order chi connectivity index (χ1) is 9.53. The van der Waals surface area contributed by atoms with Gasteiger partial charge in [-0.3, -0.25) is 0 Å². The molecule has 8 heteroatoms. The maximum atomic E-state index is 12.0. The van der Waals surface area contributed by atoms with Crippen molar-refractivity contribution in [3.8, 4) is 6.07 Å². The van der Waals surface area contributed by atoms with Crippen LogP contribution in [-0.2, 0) is 16.4 Å². The van der Waals surface area contributed by atoms with Crippen molar-refractivity contribution in [3.63, 3.8) is 0 Å². The van der Waals surface area contributed by atoms with E-state index in [9.17, 15) is 8.42 Å². The second-order valence-corrected chi connectivity index (χ2v) is 6.77. The molecule has 0 amide bonds. The highest BCUT2D eigenvalue weighted by atomic mass is 35.5. The van der Waals surface area contributed by atoms with Gasteiger partial charge >= 0.3 is 0 Å².